The standard InChI is InChI=1S/C20H27N3O3S.CH2O2/c1-14-16(21-19(26-14)17-5-3-10-27-17)11-23-8-4-6-20(13-24)7-9-22(15(2)25)12-18(20)23;2-1-3/h3,5,10,18,24H,4,6-9,11-13H2,1-2H3;1H,(H,2,3)/t18-,20-;/m0./s1. The summed E-state index contributed by atoms with van der Waals surface area (Å²) in [6.45, 7) is 6.60. The number of thiophene rings is 1. The first-order valence-corrected chi connectivity index (χ1v) is 11.0. The fraction of sp³-hybridized carbons (Fsp3) is 0.571. The molecule has 0 aliphatic carbocycles. The summed E-state index contributed by atoms with van der Waals surface area (Å²) in [4.78, 5) is 30.4. The summed E-state index contributed by atoms with van der Waals surface area (Å²) in [7, 11) is 0. The first-order chi connectivity index (χ1) is 14.4. The third-order valence-corrected chi connectivity index (χ3v) is 7.14. The fourth-order valence-electron chi connectivity index (χ4n) is 4.61. The van der Waals surface area contributed by atoms with E-state index in [9.17, 15) is 9.90 Å². The number of aryl methyl sites for hydroxylation is 1. The van der Waals surface area contributed by atoms with Gasteiger partial charge in [-0.05, 0) is 44.2 Å². The van der Waals surface area contributed by atoms with Gasteiger partial charge in [0.1, 0.15) is 5.76 Å². The molecule has 0 radical (unpaired) electrons. The van der Waals surface area contributed by atoms with Crippen molar-refractivity contribution >= 4 is 23.7 Å². The van der Waals surface area contributed by atoms with Crippen LogP contribution in [0.1, 0.15) is 37.6 Å². The van der Waals surface area contributed by atoms with Crippen LogP contribution < -0.4 is 0 Å². The lowest BCUT2D eigenvalue weighted by atomic mass is 9.69. The van der Waals surface area contributed by atoms with Crippen molar-refractivity contribution in [1.82, 2.24) is 14.8 Å². The summed E-state index contributed by atoms with van der Waals surface area (Å²) in [5.41, 5.74) is 0.838. The predicted octanol–water partition coefficient (Wildman–Crippen LogP) is 2.61. The van der Waals surface area contributed by atoms with Crippen molar-refractivity contribution in [1.29, 1.82) is 0 Å². The van der Waals surface area contributed by atoms with Crippen molar-refractivity contribution in [3.05, 3.63) is 29.0 Å². The van der Waals surface area contributed by atoms with E-state index in [0.717, 1.165) is 48.7 Å². The highest BCUT2D eigenvalue weighted by atomic mass is 32.1. The lowest BCUT2D eigenvalue weighted by Crippen LogP contribution is -2.62. The first kappa shape index (κ1) is 22.5. The fourth-order valence-corrected chi connectivity index (χ4v) is 5.26. The Morgan fingerprint density at radius 2 is 2.20 bits per heavy atom. The Hall–Kier alpha value is -2.23. The lowest BCUT2D eigenvalue weighted by molar-refractivity contribution is -0.138. The highest BCUT2D eigenvalue weighted by Gasteiger charge is 2.48. The molecule has 0 bridgehead atoms. The molecule has 2 saturated heterocycles. The van der Waals surface area contributed by atoms with Gasteiger partial charge in [-0.2, -0.15) is 0 Å². The summed E-state index contributed by atoms with van der Waals surface area (Å²) >= 11 is 1.62. The van der Waals surface area contributed by atoms with Crippen LogP contribution in [0.3, 0.4) is 0 Å². The van der Waals surface area contributed by atoms with Gasteiger partial charge in [-0.1, -0.05) is 6.07 Å². The molecule has 2 N–H and O–H groups in total. The van der Waals surface area contributed by atoms with Gasteiger partial charge in [0, 0.05) is 38.0 Å². The summed E-state index contributed by atoms with van der Waals surface area (Å²) in [5, 5.41) is 19.1. The zero-order chi connectivity index (χ0) is 21.7. The molecule has 164 valence electrons. The molecule has 2 fully saturated rings. The molecule has 2 atom stereocenters. The number of hydrogen-bond donors (Lipinski definition) is 2. The van der Waals surface area contributed by atoms with Gasteiger partial charge in [0.25, 0.3) is 6.47 Å². The van der Waals surface area contributed by atoms with Gasteiger partial charge in [0.2, 0.25) is 11.8 Å². The molecule has 1 amide bonds. The number of rotatable bonds is 4. The van der Waals surface area contributed by atoms with Crippen LogP contribution >= 0.6 is 11.3 Å². The number of aromatic nitrogens is 1. The van der Waals surface area contributed by atoms with Gasteiger partial charge in [-0.25, -0.2) is 4.98 Å². The van der Waals surface area contributed by atoms with E-state index >= 15 is 0 Å². The van der Waals surface area contributed by atoms with Crippen molar-refractivity contribution in [2.45, 2.75) is 45.7 Å². The minimum absolute atomic E-state index is 0.113. The summed E-state index contributed by atoms with van der Waals surface area (Å²) in [6, 6.07) is 4.18. The molecular formula is C21H29N3O5S. The molecule has 4 rings (SSSR count). The van der Waals surface area contributed by atoms with Gasteiger partial charge in [0.05, 0.1) is 17.2 Å². The minimum Gasteiger partial charge on any atom is -0.483 e. The Labute approximate surface area is 180 Å². The number of likely N-dealkylation sites (tertiary alicyclic amines) is 2. The smallest absolute Gasteiger partial charge is 0.290 e. The second-order valence-corrected chi connectivity index (χ2v) is 8.88. The molecule has 8 nitrogen and oxygen atoms in total. The Balaban J connectivity index is 0.000000806. The Kier molecular flexibility index (Phi) is 7.27. The van der Waals surface area contributed by atoms with Crippen molar-refractivity contribution in [3.63, 3.8) is 0 Å². The number of nitrogens with zero attached hydrogens (tertiary/aromatic N) is 3. The highest BCUT2D eigenvalue weighted by molar-refractivity contribution is 7.13. The monoisotopic (exact) mass is 435 g/mol. The molecule has 2 aliphatic rings. The zero-order valence-corrected chi connectivity index (χ0v) is 18.2. The maximum atomic E-state index is 11.9. The predicted molar refractivity (Wildman–Crippen MR) is 113 cm³/mol. The van der Waals surface area contributed by atoms with E-state index in [1.165, 1.54) is 0 Å². The second-order valence-electron chi connectivity index (χ2n) is 7.93. The quantitative estimate of drug-likeness (QED) is 0.711. The molecule has 9 heteroatoms. The summed E-state index contributed by atoms with van der Waals surface area (Å²) in [6.07, 6.45) is 2.95. The third kappa shape index (κ3) is 4.58. The van der Waals surface area contributed by atoms with E-state index in [0.29, 0.717) is 19.0 Å². The number of fused-ring (bicyclic) bond motifs is 1. The highest BCUT2D eigenvalue weighted by Crippen LogP contribution is 2.42. The van der Waals surface area contributed by atoms with E-state index in [1.807, 2.05) is 29.3 Å². The summed E-state index contributed by atoms with van der Waals surface area (Å²) in [5.74, 6) is 1.64. The number of amides is 1. The maximum Gasteiger partial charge on any atom is 0.290 e. The number of aliphatic hydroxyl groups is 1. The third-order valence-electron chi connectivity index (χ3n) is 6.28. The first-order valence-electron chi connectivity index (χ1n) is 10.1. The van der Waals surface area contributed by atoms with E-state index in [-0.39, 0.29) is 30.4 Å². The number of carboxylic acid groups (broad SMARTS) is 1. The van der Waals surface area contributed by atoms with Crippen LogP contribution in [0, 0.1) is 12.3 Å². The normalized spacial score (nSPS) is 24.0. The number of carbonyl (C=O) groups is 2. The van der Waals surface area contributed by atoms with Gasteiger partial charge >= 0.3 is 0 Å². The largest absolute Gasteiger partial charge is 0.483 e. The van der Waals surface area contributed by atoms with Crippen LogP contribution in [0.15, 0.2) is 21.9 Å². The average Bonchev–Trinajstić information content (AvgIpc) is 3.38. The van der Waals surface area contributed by atoms with E-state index in [1.54, 1.807) is 18.3 Å². The molecule has 2 aromatic heterocycles. The van der Waals surface area contributed by atoms with Crippen LogP contribution in [0.5, 0.6) is 0 Å². The molecule has 0 aromatic carbocycles. The number of aliphatic hydroxyl groups excluding tert-OH is 1. The molecule has 0 spiro atoms. The summed E-state index contributed by atoms with van der Waals surface area (Å²) < 4.78 is 5.91. The van der Waals surface area contributed by atoms with Crippen molar-refractivity contribution in [2.75, 3.05) is 26.2 Å². The van der Waals surface area contributed by atoms with Crippen molar-refractivity contribution in [3.8, 4) is 10.8 Å². The molecule has 4 heterocycles. The number of piperidine rings is 2. The Bertz CT molecular complexity index is 853. The SMILES string of the molecule is CC(=O)N1CC[C@]2(CO)CCCN(Cc3nc(-c4cccs4)oc3C)[C@H]2C1.O=CO. The van der Waals surface area contributed by atoms with Crippen LogP contribution in [0.4, 0.5) is 0 Å². The van der Waals surface area contributed by atoms with Gasteiger partial charge in [-0.3, -0.25) is 14.5 Å². The van der Waals surface area contributed by atoms with Crippen molar-refractivity contribution in [2.24, 2.45) is 5.41 Å². The molecular weight excluding hydrogens is 406 g/mol. The van der Waals surface area contributed by atoms with E-state index in [4.69, 9.17) is 19.3 Å². The number of oxazole rings is 1. The van der Waals surface area contributed by atoms with Gasteiger partial charge in [0.15, 0.2) is 0 Å². The van der Waals surface area contributed by atoms with E-state index < -0.39 is 0 Å². The van der Waals surface area contributed by atoms with Gasteiger partial charge in [-0.15, -0.1) is 11.3 Å². The van der Waals surface area contributed by atoms with Crippen molar-refractivity contribution < 1.29 is 24.2 Å². The topological polar surface area (TPSA) is 107 Å². The van der Waals surface area contributed by atoms with Crippen LogP contribution in [0.25, 0.3) is 10.8 Å². The zero-order valence-electron chi connectivity index (χ0n) is 17.4. The van der Waals surface area contributed by atoms with Crippen LogP contribution in [-0.4, -0.2) is 69.7 Å². The van der Waals surface area contributed by atoms with Crippen LogP contribution in [0.2, 0.25) is 0 Å². The molecule has 2 aliphatic heterocycles. The minimum atomic E-state index is -0.250. The van der Waals surface area contributed by atoms with E-state index in [2.05, 4.69) is 4.90 Å². The molecule has 0 unspecified atom stereocenters. The molecule has 0 saturated carbocycles. The van der Waals surface area contributed by atoms with Gasteiger partial charge < -0.3 is 19.5 Å². The van der Waals surface area contributed by atoms with Crippen LogP contribution in [-0.2, 0) is 16.1 Å². The molecule has 2 aromatic rings. The second kappa shape index (κ2) is 9.72. The molecule has 30 heavy (non-hydrogen) atoms. The Morgan fingerprint density at radius 3 is 2.83 bits per heavy atom. The Morgan fingerprint density at radius 1 is 1.43 bits per heavy atom. The maximum absolute atomic E-state index is 11.9. The number of hydrogen-bond acceptors (Lipinski definition) is 7. The average molecular weight is 436 g/mol. The lowest BCUT2D eigenvalue weighted by Gasteiger charge is -2.54. The number of carbonyl (C=O) groups excluding carboxylic acids is 1.